The molecule has 1 unspecified atom stereocenters. The van der Waals surface area contributed by atoms with Gasteiger partial charge in [-0.05, 0) is 47.5 Å². The van der Waals surface area contributed by atoms with Gasteiger partial charge in [-0.2, -0.15) is 0 Å². The maximum Gasteiger partial charge on any atom is 0.130 e. The van der Waals surface area contributed by atoms with E-state index in [1.807, 2.05) is 42.5 Å². The van der Waals surface area contributed by atoms with Gasteiger partial charge in [0.2, 0.25) is 0 Å². The molecule has 4 rings (SSSR count). The molecule has 0 saturated carbocycles. The lowest BCUT2D eigenvalue weighted by Gasteiger charge is -2.26. The molecule has 0 radical (unpaired) electrons. The van der Waals surface area contributed by atoms with E-state index < -0.39 is 0 Å². The lowest BCUT2D eigenvalue weighted by Crippen LogP contribution is -2.33. The molecule has 1 aliphatic rings. The normalized spacial score (nSPS) is 16.4. The van der Waals surface area contributed by atoms with Gasteiger partial charge in [-0.25, -0.2) is 0 Å². The number of ether oxygens (including phenoxy) is 3. The smallest absolute Gasteiger partial charge is 0.130 e. The van der Waals surface area contributed by atoms with Crippen LogP contribution >= 0.6 is 0 Å². The van der Waals surface area contributed by atoms with Gasteiger partial charge >= 0.3 is 0 Å². The maximum absolute atomic E-state index is 6.02. The van der Waals surface area contributed by atoms with Crippen molar-refractivity contribution in [2.45, 2.75) is 32.0 Å². The molecule has 0 amide bonds. The zero-order chi connectivity index (χ0) is 23.1. The van der Waals surface area contributed by atoms with Crippen molar-refractivity contribution in [2.75, 3.05) is 32.8 Å². The Morgan fingerprint density at radius 2 is 1.64 bits per heavy atom. The number of rotatable bonds is 9. The van der Waals surface area contributed by atoms with E-state index >= 15 is 0 Å². The molecule has 3 aromatic rings. The number of nitrogens with one attached hydrogen (secondary N) is 1. The predicted molar refractivity (Wildman–Crippen MR) is 130 cm³/mol. The first-order valence-corrected chi connectivity index (χ1v) is 11.5. The van der Waals surface area contributed by atoms with E-state index in [9.17, 15) is 0 Å². The summed E-state index contributed by atoms with van der Waals surface area (Å²) in [6, 6.07) is 22.5. The summed E-state index contributed by atoms with van der Waals surface area (Å²) < 4.78 is 17.4. The Morgan fingerprint density at radius 3 is 2.24 bits per heavy atom. The maximum atomic E-state index is 6.02. The molecule has 6 nitrogen and oxygen atoms in total. The number of nitrogens with zero attached hydrogens (tertiary/aromatic N) is 1. The van der Waals surface area contributed by atoms with Gasteiger partial charge in [-0.1, -0.05) is 44.2 Å². The Hall–Kier alpha value is -2.93. The van der Waals surface area contributed by atoms with Crippen LogP contribution in [0.25, 0.3) is 0 Å². The monoisotopic (exact) mass is 447 g/mol. The number of hydrogen-bond acceptors (Lipinski definition) is 6. The summed E-state index contributed by atoms with van der Waals surface area (Å²) in [5, 5.41) is 3.34. The van der Waals surface area contributed by atoms with E-state index in [2.05, 4.69) is 43.4 Å². The molecule has 3 N–H and O–H groups in total. The number of pyridine rings is 1. The molecule has 1 aliphatic heterocycles. The van der Waals surface area contributed by atoms with E-state index in [0.29, 0.717) is 26.4 Å². The molecule has 1 saturated heterocycles. The predicted octanol–water partition coefficient (Wildman–Crippen LogP) is 3.98. The van der Waals surface area contributed by atoms with Crippen LogP contribution in [-0.2, 0) is 16.8 Å². The number of aromatic nitrogens is 1. The third-order valence-electron chi connectivity index (χ3n) is 6.01. The van der Waals surface area contributed by atoms with E-state index in [1.165, 1.54) is 11.1 Å². The molecule has 1 fully saturated rings. The van der Waals surface area contributed by atoms with Crippen molar-refractivity contribution in [1.29, 1.82) is 0 Å². The number of benzene rings is 2. The molecule has 6 heteroatoms. The lowest BCUT2D eigenvalue weighted by atomic mass is 9.78. The van der Waals surface area contributed by atoms with E-state index in [-0.39, 0.29) is 11.5 Å². The molecule has 0 spiro atoms. The average Bonchev–Trinajstić information content (AvgIpc) is 2.87. The second kappa shape index (κ2) is 10.8. The first-order valence-electron chi connectivity index (χ1n) is 11.5. The Kier molecular flexibility index (Phi) is 7.60. The Morgan fingerprint density at radius 1 is 0.970 bits per heavy atom. The second-order valence-electron chi connectivity index (χ2n) is 8.72. The Labute approximate surface area is 196 Å². The molecule has 174 valence electrons. The standard InChI is InChI=1S/C27H33N3O3/c1-27(2,20-6-10-23(11-7-20)31-16-14-28)21-8-12-24(13-9-21)33-19-22-4-3-5-25(30-22)26-18-29-15-17-32-26/h3-13,26,29H,14-19,28H2,1-2H3. The van der Waals surface area contributed by atoms with E-state index in [1.54, 1.807) is 0 Å². The SMILES string of the molecule is CC(C)(c1ccc(OCCN)cc1)c1ccc(OCc2cccc(C3CNCCO3)n2)cc1. The van der Waals surface area contributed by atoms with Crippen LogP contribution in [-0.4, -0.2) is 37.8 Å². The number of morpholine rings is 1. The Bertz CT molecular complexity index is 1010. The fourth-order valence-corrected chi connectivity index (χ4v) is 3.95. The van der Waals surface area contributed by atoms with Gasteiger partial charge in [0, 0.05) is 25.0 Å². The second-order valence-corrected chi connectivity index (χ2v) is 8.72. The van der Waals surface area contributed by atoms with Gasteiger partial charge in [0.25, 0.3) is 0 Å². The van der Waals surface area contributed by atoms with Crippen molar-refractivity contribution < 1.29 is 14.2 Å². The van der Waals surface area contributed by atoms with Crippen molar-refractivity contribution in [3.05, 3.63) is 89.2 Å². The van der Waals surface area contributed by atoms with Gasteiger partial charge in [0.05, 0.1) is 18.0 Å². The number of nitrogens with two attached hydrogens (primary N) is 1. The van der Waals surface area contributed by atoms with Gasteiger partial charge < -0.3 is 25.3 Å². The van der Waals surface area contributed by atoms with Crippen LogP contribution in [0.3, 0.4) is 0 Å². The average molecular weight is 448 g/mol. The summed E-state index contributed by atoms with van der Waals surface area (Å²) in [5.41, 5.74) is 9.64. The highest BCUT2D eigenvalue weighted by Gasteiger charge is 2.23. The molecule has 1 aromatic heterocycles. The molecule has 0 aliphatic carbocycles. The summed E-state index contributed by atoms with van der Waals surface area (Å²) >= 11 is 0. The molecule has 2 aromatic carbocycles. The fourth-order valence-electron chi connectivity index (χ4n) is 3.95. The largest absolute Gasteiger partial charge is 0.492 e. The highest BCUT2D eigenvalue weighted by Crippen LogP contribution is 2.33. The third kappa shape index (κ3) is 5.90. The zero-order valence-corrected chi connectivity index (χ0v) is 19.4. The molecule has 1 atom stereocenters. The number of hydrogen-bond donors (Lipinski definition) is 2. The minimum atomic E-state index is -0.144. The molecule has 0 bridgehead atoms. The van der Waals surface area contributed by atoms with Crippen molar-refractivity contribution >= 4 is 0 Å². The molecular weight excluding hydrogens is 414 g/mol. The molecule has 2 heterocycles. The van der Waals surface area contributed by atoms with Crippen molar-refractivity contribution in [3.8, 4) is 11.5 Å². The van der Waals surface area contributed by atoms with Gasteiger partial charge in [0.15, 0.2) is 0 Å². The van der Waals surface area contributed by atoms with Crippen LogP contribution in [0, 0.1) is 0 Å². The van der Waals surface area contributed by atoms with Crippen LogP contribution in [0.2, 0.25) is 0 Å². The first kappa shape index (κ1) is 23.2. The minimum Gasteiger partial charge on any atom is -0.492 e. The highest BCUT2D eigenvalue weighted by molar-refractivity contribution is 5.41. The third-order valence-corrected chi connectivity index (χ3v) is 6.01. The summed E-state index contributed by atoms with van der Waals surface area (Å²) in [6.07, 6.45) is 0.00139. The van der Waals surface area contributed by atoms with Gasteiger partial charge in [-0.15, -0.1) is 0 Å². The van der Waals surface area contributed by atoms with Crippen LogP contribution in [0.4, 0.5) is 0 Å². The van der Waals surface area contributed by atoms with Crippen molar-refractivity contribution in [1.82, 2.24) is 10.3 Å². The minimum absolute atomic E-state index is 0.00139. The van der Waals surface area contributed by atoms with Crippen molar-refractivity contribution in [3.63, 3.8) is 0 Å². The first-order chi connectivity index (χ1) is 16.1. The summed E-state index contributed by atoms with van der Waals surface area (Å²) in [5.74, 6) is 1.66. The fraction of sp³-hybridized carbons (Fsp3) is 0.370. The lowest BCUT2D eigenvalue weighted by molar-refractivity contribution is 0.0248. The van der Waals surface area contributed by atoms with E-state index in [4.69, 9.17) is 24.9 Å². The summed E-state index contributed by atoms with van der Waals surface area (Å²) in [6.45, 7) is 8.28. The quantitative estimate of drug-likeness (QED) is 0.517. The molecule has 33 heavy (non-hydrogen) atoms. The van der Waals surface area contributed by atoms with Crippen LogP contribution in [0.5, 0.6) is 11.5 Å². The van der Waals surface area contributed by atoms with Gasteiger partial charge in [0.1, 0.15) is 30.8 Å². The summed E-state index contributed by atoms with van der Waals surface area (Å²) in [7, 11) is 0. The van der Waals surface area contributed by atoms with E-state index in [0.717, 1.165) is 36.0 Å². The van der Waals surface area contributed by atoms with Crippen LogP contribution < -0.4 is 20.5 Å². The van der Waals surface area contributed by atoms with Crippen LogP contribution in [0.15, 0.2) is 66.7 Å². The van der Waals surface area contributed by atoms with Gasteiger partial charge in [-0.3, -0.25) is 4.98 Å². The topological polar surface area (TPSA) is 78.6 Å². The highest BCUT2D eigenvalue weighted by atomic mass is 16.5. The van der Waals surface area contributed by atoms with Crippen LogP contribution in [0.1, 0.15) is 42.5 Å². The Balaban J connectivity index is 1.38. The molecular formula is C27H33N3O3. The zero-order valence-electron chi connectivity index (χ0n) is 19.4. The summed E-state index contributed by atoms with van der Waals surface area (Å²) in [4.78, 5) is 4.73. The van der Waals surface area contributed by atoms with Crippen molar-refractivity contribution in [2.24, 2.45) is 5.73 Å².